The first-order valence-electron chi connectivity index (χ1n) is 6.19. The van der Waals surface area contributed by atoms with E-state index in [9.17, 15) is 0 Å². The summed E-state index contributed by atoms with van der Waals surface area (Å²) in [5.41, 5.74) is 0.743. The Morgan fingerprint density at radius 2 is 1.60 bits per heavy atom. The fourth-order valence-corrected chi connectivity index (χ4v) is 3.05. The number of nitrogens with zero attached hydrogens (tertiary/aromatic N) is 1. The summed E-state index contributed by atoms with van der Waals surface area (Å²) in [5.74, 6) is 0. The first kappa shape index (κ1) is 10.1. The maximum Gasteiger partial charge on any atom is 0.0918 e. The van der Waals surface area contributed by atoms with Crippen LogP contribution in [0.15, 0.2) is 0 Å². The van der Waals surface area contributed by atoms with Crippen molar-refractivity contribution in [3.05, 3.63) is 0 Å². The molecule has 86 valence electrons. The fraction of sp³-hybridized carbons (Fsp3) is 1.00. The third kappa shape index (κ3) is 1.81. The van der Waals surface area contributed by atoms with Crippen molar-refractivity contribution in [3.63, 3.8) is 0 Å². The van der Waals surface area contributed by atoms with Crippen molar-refractivity contribution in [2.45, 2.75) is 43.7 Å². The minimum absolute atomic E-state index is 0.325. The molecule has 1 saturated carbocycles. The van der Waals surface area contributed by atoms with Gasteiger partial charge in [0.2, 0.25) is 0 Å². The molecular weight excluding hydrogens is 190 g/mol. The quantitative estimate of drug-likeness (QED) is 0.613. The molecule has 0 amide bonds. The van der Waals surface area contributed by atoms with E-state index in [1.165, 1.54) is 25.7 Å². The highest BCUT2D eigenvalue weighted by Gasteiger charge is 2.51. The Morgan fingerprint density at radius 3 is 2.13 bits per heavy atom. The normalized spacial score (nSPS) is 47.0. The van der Waals surface area contributed by atoms with Gasteiger partial charge in [0.05, 0.1) is 25.4 Å². The Hall–Kier alpha value is -0.120. The Balaban J connectivity index is 1.63. The van der Waals surface area contributed by atoms with Gasteiger partial charge >= 0.3 is 0 Å². The van der Waals surface area contributed by atoms with Gasteiger partial charge in [0.15, 0.2) is 0 Å². The van der Waals surface area contributed by atoms with Crippen LogP contribution in [-0.2, 0) is 9.47 Å². The SMILES string of the molecule is CC1(N2CCOCC2)CCC2(CC1)CO2. The van der Waals surface area contributed by atoms with Crippen LogP contribution in [0.4, 0.5) is 0 Å². The zero-order chi connectivity index (χ0) is 10.4. The second kappa shape index (κ2) is 3.44. The summed E-state index contributed by atoms with van der Waals surface area (Å²) in [4.78, 5) is 2.63. The summed E-state index contributed by atoms with van der Waals surface area (Å²) < 4.78 is 11.0. The van der Waals surface area contributed by atoms with Crippen LogP contribution in [0, 0.1) is 0 Å². The van der Waals surface area contributed by atoms with Crippen LogP contribution in [0.5, 0.6) is 0 Å². The highest BCUT2D eigenvalue weighted by molar-refractivity contribution is 5.03. The van der Waals surface area contributed by atoms with E-state index < -0.39 is 0 Å². The molecule has 3 fully saturated rings. The average molecular weight is 211 g/mol. The highest BCUT2D eigenvalue weighted by atomic mass is 16.6. The Morgan fingerprint density at radius 1 is 1.00 bits per heavy atom. The van der Waals surface area contributed by atoms with Gasteiger partial charge in [0.25, 0.3) is 0 Å². The first-order valence-corrected chi connectivity index (χ1v) is 6.19. The van der Waals surface area contributed by atoms with Gasteiger partial charge in [0.1, 0.15) is 0 Å². The van der Waals surface area contributed by atoms with E-state index in [2.05, 4.69) is 11.8 Å². The Labute approximate surface area is 91.7 Å². The summed E-state index contributed by atoms with van der Waals surface area (Å²) >= 11 is 0. The lowest BCUT2D eigenvalue weighted by atomic mass is 9.76. The van der Waals surface area contributed by atoms with Gasteiger partial charge in [-0.05, 0) is 32.6 Å². The van der Waals surface area contributed by atoms with E-state index in [4.69, 9.17) is 9.47 Å². The molecule has 0 aromatic heterocycles. The second-order valence-electron chi connectivity index (χ2n) is 5.57. The van der Waals surface area contributed by atoms with Crippen molar-refractivity contribution >= 4 is 0 Å². The van der Waals surface area contributed by atoms with Gasteiger partial charge < -0.3 is 9.47 Å². The van der Waals surface area contributed by atoms with E-state index in [1.807, 2.05) is 0 Å². The highest BCUT2D eigenvalue weighted by Crippen LogP contribution is 2.46. The molecule has 0 radical (unpaired) electrons. The largest absolute Gasteiger partial charge is 0.379 e. The van der Waals surface area contributed by atoms with Gasteiger partial charge in [-0.3, -0.25) is 4.90 Å². The number of ether oxygens (including phenoxy) is 2. The van der Waals surface area contributed by atoms with Crippen LogP contribution in [0.1, 0.15) is 32.6 Å². The predicted molar refractivity (Wildman–Crippen MR) is 57.9 cm³/mol. The lowest BCUT2D eigenvalue weighted by molar-refractivity contribution is -0.0373. The van der Waals surface area contributed by atoms with Crippen LogP contribution in [0.3, 0.4) is 0 Å². The number of rotatable bonds is 1. The monoisotopic (exact) mass is 211 g/mol. The maximum absolute atomic E-state index is 5.57. The Bertz CT molecular complexity index is 234. The van der Waals surface area contributed by atoms with Crippen molar-refractivity contribution < 1.29 is 9.47 Å². The molecule has 3 nitrogen and oxygen atoms in total. The molecule has 2 aliphatic heterocycles. The van der Waals surface area contributed by atoms with Crippen LogP contribution in [-0.4, -0.2) is 49.0 Å². The zero-order valence-corrected chi connectivity index (χ0v) is 9.63. The number of hydrogen-bond acceptors (Lipinski definition) is 3. The molecule has 3 heteroatoms. The second-order valence-corrected chi connectivity index (χ2v) is 5.57. The molecule has 0 unspecified atom stereocenters. The fourth-order valence-electron chi connectivity index (χ4n) is 3.05. The number of morpholine rings is 1. The molecule has 1 aliphatic carbocycles. The molecule has 0 atom stereocenters. The van der Waals surface area contributed by atoms with Gasteiger partial charge in [-0.1, -0.05) is 0 Å². The third-order valence-corrected chi connectivity index (χ3v) is 4.57. The molecule has 2 saturated heterocycles. The van der Waals surface area contributed by atoms with E-state index in [-0.39, 0.29) is 0 Å². The summed E-state index contributed by atoms with van der Waals surface area (Å²) in [7, 11) is 0. The molecule has 1 spiro atoms. The number of epoxide rings is 1. The minimum Gasteiger partial charge on any atom is -0.379 e. The van der Waals surface area contributed by atoms with Gasteiger partial charge in [0, 0.05) is 18.6 Å². The van der Waals surface area contributed by atoms with Gasteiger partial charge in [-0.2, -0.15) is 0 Å². The van der Waals surface area contributed by atoms with Crippen LogP contribution in [0.25, 0.3) is 0 Å². The minimum atomic E-state index is 0.325. The summed E-state index contributed by atoms with van der Waals surface area (Å²) in [6, 6.07) is 0. The van der Waals surface area contributed by atoms with Crippen LogP contribution < -0.4 is 0 Å². The lowest BCUT2D eigenvalue weighted by Gasteiger charge is -2.46. The molecule has 0 aromatic carbocycles. The van der Waals surface area contributed by atoms with E-state index in [0.29, 0.717) is 11.1 Å². The summed E-state index contributed by atoms with van der Waals surface area (Å²) in [5, 5.41) is 0. The maximum atomic E-state index is 5.57. The zero-order valence-electron chi connectivity index (χ0n) is 9.63. The lowest BCUT2D eigenvalue weighted by Crippen LogP contribution is -2.54. The van der Waals surface area contributed by atoms with E-state index in [1.54, 1.807) is 0 Å². The van der Waals surface area contributed by atoms with Crippen molar-refractivity contribution in [1.82, 2.24) is 4.90 Å². The van der Waals surface area contributed by atoms with E-state index in [0.717, 1.165) is 32.9 Å². The molecular formula is C12H21NO2. The summed E-state index contributed by atoms with van der Waals surface area (Å²) in [6.07, 6.45) is 5.13. The molecule has 15 heavy (non-hydrogen) atoms. The number of hydrogen-bond donors (Lipinski definition) is 0. The first-order chi connectivity index (χ1) is 7.23. The molecule has 0 bridgehead atoms. The van der Waals surface area contributed by atoms with Crippen molar-refractivity contribution in [3.8, 4) is 0 Å². The third-order valence-electron chi connectivity index (χ3n) is 4.57. The standard InChI is InChI=1S/C12H21NO2/c1-11(13-6-8-14-9-7-13)2-4-12(5-3-11)10-15-12/h2-10H2,1H3. The van der Waals surface area contributed by atoms with E-state index >= 15 is 0 Å². The molecule has 2 heterocycles. The van der Waals surface area contributed by atoms with Crippen molar-refractivity contribution in [2.75, 3.05) is 32.9 Å². The van der Waals surface area contributed by atoms with Crippen molar-refractivity contribution in [1.29, 1.82) is 0 Å². The molecule has 0 N–H and O–H groups in total. The Kier molecular flexibility index (Phi) is 2.31. The van der Waals surface area contributed by atoms with Gasteiger partial charge in [-0.25, -0.2) is 0 Å². The smallest absolute Gasteiger partial charge is 0.0918 e. The van der Waals surface area contributed by atoms with Gasteiger partial charge in [-0.15, -0.1) is 0 Å². The van der Waals surface area contributed by atoms with Crippen molar-refractivity contribution in [2.24, 2.45) is 0 Å². The average Bonchev–Trinajstić information content (AvgIpc) is 3.05. The van der Waals surface area contributed by atoms with Crippen LogP contribution in [0.2, 0.25) is 0 Å². The topological polar surface area (TPSA) is 25.0 Å². The predicted octanol–water partition coefficient (Wildman–Crippen LogP) is 1.42. The molecule has 3 aliphatic rings. The molecule has 0 aromatic rings. The van der Waals surface area contributed by atoms with Crippen LogP contribution >= 0.6 is 0 Å². The summed E-state index contributed by atoms with van der Waals surface area (Å²) in [6.45, 7) is 7.50. The molecule has 3 rings (SSSR count).